The molecule has 0 bridgehead atoms. The fourth-order valence-electron chi connectivity index (χ4n) is 2.29. The molecule has 1 aromatic heterocycles. The van der Waals surface area contributed by atoms with Crippen LogP contribution in [-0.4, -0.2) is 24.6 Å². The molecule has 1 rings (SSSR count). The Morgan fingerprint density at radius 1 is 1.14 bits per heavy atom. The summed E-state index contributed by atoms with van der Waals surface area (Å²) in [4.78, 5) is 15.8. The van der Waals surface area contributed by atoms with E-state index < -0.39 is 0 Å². The van der Waals surface area contributed by atoms with Crippen LogP contribution in [0.1, 0.15) is 68.6 Å². The molecule has 118 valence electrons. The number of nitrogens with one attached hydrogen (secondary N) is 1. The van der Waals surface area contributed by atoms with Crippen molar-refractivity contribution in [3.8, 4) is 0 Å². The van der Waals surface area contributed by atoms with Crippen molar-refractivity contribution in [2.75, 3.05) is 19.0 Å². The number of hydrogen-bond donors (Lipinski definition) is 1. The average molecular weight is 292 g/mol. The maximum atomic E-state index is 11.6. The van der Waals surface area contributed by atoms with Crippen LogP contribution < -0.4 is 5.32 Å². The number of ether oxygens (including phenoxy) is 1. The van der Waals surface area contributed by atoms with Crippen LogP contribution in [0.2, 0.25) is 0 Å². The predicted molar refractivity (Wildman–Crippen MR) is 86.7 cm³/mol. The molecule has 0 aliphatic heterocycles. The van der Waals surface area contributed by atoms with E-state index in [0.29, 0.717) is 11.4 Å². The van der Waals surface area contributed by atoms with Crippen LogP contribution in [0, 0.1) is 0 Å². The monoisotopic (exact) mass is 292 g/mol. The third kappa shape index (κ3) is 7.11. The minimum atomic E-state index is -0.346. The van der Waals surface area contributed by atoms with Gasteiger partial charge in [0.05, 0.1) is 7.11 Å². The summed E-state index contributed by atoms with van der Waals surface area (Å²) in [6.45, 7) is 3.09. The zero-order chi connectivity index (χ0) is 15.3. The lowest BCUT2D eigenvalue weighted by atomic mass is 10.1. The number of rotatable bonds is 11. The molecule has 0 spiro atoms. The van der Waals surface area contributed by atoms with Crippen LogP contribution in [0.4, 0.5) is 5.82 Å². The number of hydrogen-bond acceptors (Lipinski definition) is 4. The number of esters is 1. The molecule has 4 heteroatoms. The van der Waals surface area contributed by atoms with Crippen molar-refractivity contribution in [1.82, 2.24) is 4.98 Å². The third-order valence-corrected chi connectivity index (χ3v) is 3.54. The van der Waals surface area contributed by atoms with Gasteiger partial charge in [-0.1, -0.05) is 51.9 Å². The van der Waals surface area contributed by atoms with Gasteiger partial charge in [-0.25, -0.2) is 9.78 Å². The SMILES string of the molecule is CCCCCCCCCCNc1ncccc1C(=O)OC. The highest BCUT2D eigenvalue weighted by Gasteiger charge is 2.11. The van der Waals surface area contributed by atoms with Crippen LogP contribution in [0.15, 0.2) is 18.3 Å². The van der Waals surface area contributed by atoms with E-state index in [-0.39, 0.29) is 5.97 Å². The number of carbonyl (C=O) groups is 1. The van der Waals surface area contributed by atoms with Crippen molar-refractivity contribution >= 4 is 11.8 Å². The number of unbranched alkanes of at least 4 members (excludes halogenated alkanes) is 7. The van der Waals surface area contributed by atoms with E-state index in [0.717, 1.165) is 13.0 Å². The Hall–Kier alpha value is -1.58. The summed E-state index contributed by atoms with van der Waals surface area (Å²) in [7, 11) is 1.39. The predicted octanol–water partition coefficient (Wildman–Crippen LogP) is 4.42. The maximum Gasteiger partial charge on any atom is 0.341 e. The second-order valence-corrected chi connectivity index (χ2v) is 5.29. The minimum Gasteiger partial charge on any atom is -0.465 e. The number of nitrogens with zero attached hydrogens (tertiary/aromatic N) is 1. The first-order valence-corrected chi connectivity index (χ1v) is 8.06. The lowest BCUT2D eigenvalue weighted by molar-refractivity contribution is 0.0601. The van der Waals surface area contributed by atoms with Gasteiger partial charge in [-0.05, 0) is 18.6 Å². The smallest absolute Gasteiger partial charge is 0.341 e. The lowest BCUT2D eigenvalue weighted by Gasteiger charge is -2.09. The Morgan fingerprint density at radius 3 is 2.48 bits per heavy atom. The first-order valence-electron chi connectivity index (χ1n) is 8.06. The van der Waals surface area contributed by atoms with Gasteiger partial charge in [0.25, 0.3) is 0 Å². The number of methoxy groups -OCH3 is 1. The molecule has 1 aromatic rings. The van der Waals surface area contributed by atoms with Gasteiger partial charge in [-0.2, -0.15) is 0 Å². The zero-order valence-corrected chi connectivity index (χ0v) is 13.4. The summed E-state index contributed by atoms with van der Waals surface area (Å²) in [5, 5.41) is 3.23. The summed E-state index contributed by atoms with van der Waals surface area (Å²) in [6.07, 6.45) is 12.0. The van der Waals surface area contributed by atoms with Crippen molar-refractivity contribution in [1.29, 1.82) is 0 Å². The van der Waals surface area contributed by atoms with E-state index in [1.54, 1.807) is 18.3 Å². The Labute approximate surface area is 128 Å². The molecule has 0 saturated carbocycles. The molecular weight excluding hydrogens is 264 g/mol. The van der Waals surface area contributed by atoms with Crippen LogP contribution in [0.5, 0.6) is 0 Å². The van der Waals surface area contributed by atoms with Gasteiger partial charge in [0.15, 0.2) is 0 Å². The number of pyridine rings is 1. The Kier molecular flexibility index (Phi) is 9.25. The van der Waals surface area contributed by atoms with Gasteiger partial charge in [0.2, 0.25) is 0 Å². The topological polar surface area (TPSA) is 51.2 Å². The zero-order valence-electron chi connectivity index (χ0n) is 13.4. The van der Waals surface area contributed by atoms with Crippen molar-refractivity contribution in [3.63, 3.8) is 0 Å². The fourth-order valence-corrected chi connectivity index (χ4v) is 2.29. The summed E-state index contributed by atoms with van der Waals surface area (Å²) in [5.41, 5.74) is 0.500. The van der Waals surface area contributed by atoms with E-state index in [4.69, 9.17) is 4.74 Å². The molecule has 0 fully saturated rings. The Morgan fingerprint density at radius 2 is 1.81 bits per heavy atom. The van der Waals surface area contributed by atoms with Crippen LogP contribution >= 0.6 is 0 Å². The molecule has 0 aliphatic carbocycles. The largest absolute Gasteiger partial charge is 0.465 e. The van der Waals surface area contributed by atoms with Gasteiger partial charge in [0.1, 0.15) is 11.4 Å². The van der Waals surface area contributed by atoms with Crippen molar-refractivity contribution in [2.45, 2.75) is 58.3 Å². The van der Waals surface area contributed by atoms with E-state index in [9.17, 15) is 4.79 Å². The molecule has 0 radical (unpaired) electrons. The highest BCUT2D eigenvalue weighted by atomic mass is 16.5. The van der Waals surface area contributed by atoms with E-state index in [2.05, 4.69) is 17.2 Å². The average Bonchev–Trinajstić information content (AvgIpc) is 2.53. The number of anilines is 1. The van der Waals surface area contributed by atoms with Crippen molar-refractivity contribution in [2.24, 2.45) is 0 Å². The molecule has 1 heterocycles. The molecule has 0 saturated heterocycles. The van der Waals surface area contributed by atoms with Gasteiger partial charge < -0.3 is 10.1 Å². The lowest BCUT2D eigenvalue weighted by Crippen LogP contribution is -2.10. The minimum absolute atomic E-state index is 0.346. The van der Waals surface area contributed by atoms with E-state index in [1.807, 2.05) is 0 Å². The molecular formula is C17H28N2O2. The fraction of sp³-hybridized carbons (Fsp3) is 0.647. The quantitative estimate of drug-likeness (QED) is 0.484. The highest BCUT2D eigenvalue weighted by molar-refractivity contribution is 5.94. The van der Waals surface area contributed by atoms with E-state index in [1.165, 1.54) is 52.1 Å². The number of aromatic nitrogens is 1. The van der Waals surface area contributed by atoms with Gasteiger partial charge >= 0.3 is 5.97 Å². The standard InChI is InChI=1S/C17H28N2O2/c1-3-4-5-6-7-8-9-10-13-18-16-15(17(20)21-2)12-11-14-19-16/h11-12,14H,3-10,13H2,1-2H3,(H,18,19). The second kappa shape index (κ2) is 11.1. The van der Waals surface area contributed by atoms with Gasteiger partial charge in [0, 0.05) is 12.7 Å². The molecule has 21 heavy (non-hydrogen) atoms. The Bertz CT molecular complexity index is 408. The molecule has 0 aromatic carbocycles. The first kappa shape index (κ1) is 17.5. The van der Waals surface area contributed by atoms with Gasteiger partial charge in [-0.15, -0.1) is 0 Å². The van der Waals surface area contributed by atoms with Crippen LogP contribution in [0.25, 0.3) is 0 Å². The molecule has 0 aliphatic rings. The molecule has 0 amide bonds. The maximum absolute atomic E-state index is 11.6. The van der Waals surface area contributed by atoms with Crippen LogP contribution in [0.3, 0.4) is 0 Å². The molecule has 0 unspecified atom stereocenters. The van der Waals surface area contributed by atoms with Crippen molar-refractivity contribution < 1.29 is 9.53 Å². The molecule has 1 N–H and O–H groups in total. The molecule has 4 nitrogen and oxygen atoms in total. The molecule has 0 atom stereocenters. The summed E-state index contributed by atoms with van der Waals surface area (Å²) in [5.74, 6) is 0.272. The van der Waals surface area contributed by atoms with Crippen LogP contribution in [-0.2, 0) is 4.74 Å². The third-order valence-electron chi connectivity index (χ3n) is 3.54. The van der Waals surface area contributed by atoms with Gasteiger partial charge in [-0.3, -0.25) is 0 Å². The van der Waals surface area contributed by atoms with E-state index >= 15 is 0 Å². The van der Waals surface area contributed by atoms with Crippen molar-refractivity contribution in [3.05, 3.63) is 23.9 Å². The second-order valence-electron chi connectivity index (χ2n) is 5.29. The number of carbonyl (C=O) groups excluding carboxylic acids is 1. The first-order chi connectivity index (χ1) is 10.3. The summed E-state index contributed by atoms with van der Waals surface area (Å²) >= 11 is 0. The normalized spacial score (nSPS) is 10.4. The summed E-state index contributed by atoms with van der Waals surface area (Å²) in [6, 6.07) is 3.47. The summed E-state index contributed by atoms with van der Waals surface area (Å²) < 4.78 is 4.75. The highest BCUT2D eigenvalue weighted by Crippen LogP contribution is 2.13. The Balaban J connectivity index is 2.17.